The monoisotopic (exact) mass is 317 g/mol. The molecule has 0 bridgehead atoms. The summed E-state index contributed by atoms with van der Waals surface area (Å²) in [6.45, 7) is 2.05. The molecule has 1 aliphatic rings. The molecule has 0 spiro atoms. The Bertz CT molecular complexity index is 629. The van der Waals surface area contributed by atoms with Gasteiger partial charge in [0.05, 0.1) is 11.3 Å². The summed E-state index contributed by atoms with van der Waals surface area (Å²) in [7, 11) is -3.67. The van der Waals surface area contributed by atoms with Gasteiger partial charge in [-0.2, -0.15) is 4.31 Å². The average Bonchev–Trinajstić information content (AvgIpc) is 2.76. The van der Waals surface area contributed by atoms with Gasteiger partial charge in [-0.25, -0.2) is 8.42 Å². The number of aryl methyl sites for hydroxylation is 1. The summed E-state index contributed by atoms with van der Waals surface area (Å²) in [6.07, 6.45) is 1.11. The van der Waals surface area contributed by atoms with Crippen LogP contribution < -0.4 is 0 Å². The molecule has 0 radical (unpaired) electrons. The minimum absolute atomic E-state index is 0.161. The van der Waals surface area contributed by atoms with Crippen LogP contribution in [0.5, 0.6) is 0 Å². The third-order valence-corrected chi connectivity index (χ3v) is 5.80. The van der Waals surface area contributed by atoms with E-state index in [0.717, 1.165) is 0 Å². The molecular formula is C13H16ClNO4S. The van der Waals surface area contributed by atoms with Gasteiger partial charge in [-0.05, 0) is 43.5 Å². The molecule has 110 valence electrons. The van der Waals surface area contributed by atoms with Crippen LogP contribution in [0.15, 0.2) is 23.1 Å². The first kappa shape index (κ1) is 15.3. The standard InChI is InChI=1S/C13H16ClNO4S/c1-9-7-10(14)4-5-12(9)20(18,19)15-6-2-3-11(15)8-13(16)17/h4-5,7,11H,2-3,6,8H2,1H3,(H,16,17). The smallest absolute Gasteiger partial charge is 0.304 e. The Labute approximate surface area is 123 Å². The minimum Gasteiger partial charge on any atom is -0.481 e. The molecule has 20 heavy (non-hydrogen) atoms. The SMILES string of the molecule is Cc1cc(Cl)ccc1S(=O)(=O)N1CCCC1CC(=O)O. The Morgan fingerprint density at radius 2 is 2.20 bits per heavy atom. The second-order valence-corrected chi connectivity index (χ2v) is 7.21. The highest BCUT2D eigenvalue weighted by Crippen LogP contribution is 2.30. The van der Waals surface area contributed by atoms with Crippen molar-refractivity contribution in [2.45, 2.75) is 37.1 Å². The maximum atomic E-state index is 12.6. The van der Waals surface area contributed by atoms with E-state index < -0.39 is 22.0 Å². The van der Waals surface area contributed by atoms with Gasteiger partial charge in [-0.1, -0.05) is 11.6 Å². The number of carboxylic acids is 1. The average molecular weight is 318 g/mol. The van der Waals surface area contributed by atoms with Crippen molar-refractivity contribution in [1.82, 2.24) is 4.31 Å². The van der Waals surface area contributed by atoms with E-state index in [9.17, 15) is 13.2 Å². The zero-order chi connectivity index (χ0) is 14.9. The molecule has 1 aromatic rings. The van der Waals surface area contributed by atoms with Gasteiger partial charge in [0.1, 0.15) is 0 Å². The fourth-order valence-electron chi connectivity index (χ4n) is 2.56. The quantitative estimate of drug-likeness (QED) is 0.924. The highest BCUT2D eigenvalue weighted by Gasteiger charge is 2.36. The highest BCUT2D eigenvalue weighted by atomic mass is 35.5. The van der Waals surface area contributed by atoms with E-state index in [1.165, 1.54) is 16.4 Å². The number of hydrogen-bond acceptors (Lipinski definition) is 3. The van der Waals surface area contributed by atoms with Gasteiger partial charge in [0.25, 0.3) is 0 Å². The lowest BCUT2D eigenvalue weighted by Gasteiger charge is -2.23. The predicted octanol–water partition coefficient (Wildman–Crippen LogP) is 2.28. The summed E-state index contributed by atoms with van der Waals surface area (Å²) in [5.41, 5.74) is 0.568. The molecule has 0 amide bonds. The summed E-state index contributed by atoms with van der Waals surface area (Å²) in [4.78, 5) is 11.0. The number of carboxylic acid groups (broad SMARTS) is 1. The third-order valence-electron chi connectivity index (χ3n) is 3.46. The van der Waals surface area contributed by atoms with Gasteiger partial charge in [0, 0.05) is 17.6 Å². The Morgan fingerprint density at radius 1 is 1.50 bits per heavy atom. The number of aliphatic carboxylic acids is 1. The fourth-order valence-corrected chi connectivity index (χ4v) is 4.69. The number of nitrogens with zero attached hydrogens (tertiary/aromatic N) is 1. The van der Waals surface area contributed by atoms with Gasteiger partial charge in [-0.15, -0.1) is 0 Å². The fraction of sp³-hybridized carbons (Fsp3) is 0.462. The zero-order valence-electron chi connectivity index (χ0n) is 11.0. The minimum atomic E-state index is -3.67. The molecular weight excluding hydrogens is 302 g/mol. The highest BCUT2D eigenvalue weighted by molar-refractivity contribution is 7.89. The van der Waals surface area contributed by atoms with Crippen molar-refractivity contribution in [3.8, 4) is 0 Å². The van der Waals surface area contributed by atoms with E-state index in [2.05, 4.69) is 0 Å². The van der Waals surface area contributed by atoms with Gasteiger partial charge in [0.2, 0.25) is 10.0 Å². The first-order valence-electron chi connectivity index (χ1n) is 6.32. The lowest BCUT2D eigenvalue weighted by atomic mass is 10.2. The van der Waals surface area contributed by atoms with Crippen molar-refractivity contribution in [2.24, 2.45) is 0 Å². The lowest BCUT2D eigenvalue weighted by molar-refractivity contribution is -0.137. The van der Waals surface area contributed by atoms with Crippen LogP contribution in [0.25, 0.3) is 0 Å². The normalized spacial score (nSPS) is 20.2. The maximum absolute atomic E-state index is 12.6. The van der Waals surface area contributed by atoms with Crippen LogP contribution in [0.2, 0.25) is 5.02 Å². The summed E-state index contributed by atoms with van der Waals surface area (Å²) in [6, 6.07) is 4.14. The summed E-state index contributed by atoms with van der Waals surface area (Å²) in [5.74, 6) is -0.982. The van der Waals surface area contributed by atoms with E-state index in [-0.39, 0.29) is 11.3 Å². The van der Waals surface area contributed by atoms with Crippen molar-refractivity contribution >= 4 is 27.6 Å². The number of hydrogen-bond donors (Lipinski definition) is 1. The van der Waals surface area contributed by atoms with Crippen molar-refractivity contribution in [3.63, 3.8) is 0 Å². The molecule has 0 aliphatic carbocycles. The Balaban J connectivity index is 2.36. The Kier molecular flexibility index (Phi) is 4.36. The van der Waals surface area contributed by atoms with E-state index in [1.807, 2.05) is 0 Å². The largest absolute Gasteiger partial charge is 0.481 e. The van der Waals surface area contributed by atoms with Crippen LogP contribution in [-0.2, 0) is 14.8 Å². The van der Waals surface area contributed by atoms with Crippen LogP contribution in [0.3, 0.4) is 0 Å². The van der Waals surface area contributed by atoms with Crippen LogP contribution in [0.1, 0.15) is 24.8 Å². The van der Waals surface area contributed by atoms with E-state index in [1.54, 1.807) is 13.0 Å². The van der Waals surface area contributed by atoms with Crippen molar-refractivity contribution in [1.29, 1.82) is 0 Å². The molecule has 2 rings (SSSR count). The molecule has 1 heterocycles. The van der Waals surface area contributed by atoms with Gasteiger partial charge in [-0.3, -0.25) is 4.79 Å². The van der Waals surface area contributed by atoms with Gasteiger partial charge < -0.3 is 5.11 Å². The molecule has 1 saturated heterocycles. The molecule has 1 N–H and O–H groups in total. The Hall–Kier alpha value is -1.11. The van der Waals surface area contributed by atoms with Crippen LogP contribution in [0.4, 0.5) is 0 Å². The van der Waals surface area contributed by atoms with Gasteiger partial charge in [0.15, 0.2) is 0 Å². The van der Waals surface area contributed by atoms with Crippen molar-refractivity contribution in [3.05, 3.63) is 28.8 Å². The van der Waals surface area contributed by atoms with Crippen LogP contribution in [-0.4, -0.2) is 36.4 Å². The van der Waals surface area contributed by atoms with Gasteiger partial charge >= 0.3 is 5.97 Å². The summed E-state index contributed by atoms with van der Waals surface area (Å²) < 4.78 is 26.6. The van der Waals surface area contributed by atoms with Crippen LogP contribution >= 0.6 is 11.6 Å². The van der Waals surface area contributed by atoms with E-state index in [4.69, 9.17) is 16.7 Å². The summed E-state index contributed by atoms with van der Waals surface area (Å²) in [5, 5.41) is 9.36. The first-order chi connectivity index (χ1) is 9.32. The molecule has 7 heteroatoms. The molecule has 1 unspecified atom stereocenters. The van der Waals surface area contributed by atoms with E-state index >= 15 is 0 Å². The summed E-state index contributed by atoms with van der Waals surface area (Å²) >= 11 is 5.84. The van der Waals surface area contributed by atoms with Crippen LogP contribution in [0, 0.1) is 6.92 Å². The second-order valence-electron chi connectivity index (χ2n) is 4.92. The molecule has 1 fully saturated rings. The maximum Gasteiger partial charge on any atom is 0.304 e. The lowest BCUT2D eigenvalue weighted by Crippen LogP contribution is -2.37. The molecule has 0 aromatic heterocycles. The third kappa shape index (κ3) is 2.97. The molecule has 1 aliphatic heterocycles. The molecule has 1 atom stereocenters. The zero-order valence-corrected chi connectivity index (χ0v) is 12.6. The number of benzene rings is 1. The second kappa shape index (κ2) is 5.71. The topological polar surface area (TPSA) is 74.7 Å². The van der Waals surface area contributed by atoms with Crippen molar-refractivity contribution in [2.75, 3.05) is 6.54 Å². The number of halogens is 1. The number of carbonyl (C=O) groups is 1. The number of sulfonamides is 1. The van der Waals surface area contributed by atoms with E-state index in [0.29, 0.717) is 30.0 Å². The predicted molar refractivity (Wildman–Crippen MR) is 75.4 cm³/mol. The Morgan fingerprint density at radius 3 is 2.80 bits per heavy atom. The molecule has 0 saturated carbocycles. The van der Waals surface area contributed by atoms with Crippen molar-refractivity contribution < 1.29 is 18.3 Å². The number of rotatable bonds is 4. The molecule has 5 nitrogen and oxygen atoms in total. The molecule has 1 aromatic carbocycles. The first-order valence-corrected chi connectivity index (χ1v) is 8.14.